The van der Waals surface area contributed by atoms with E-state index in [-0.39, 0.29) is 19.0 Å². The van der Waals surface area contributed by atoms with Crippen molar-refractivity contribution in [1.82, 2.24) is 0 Å². The number of carboxylic acid groups (broad SMARTS) is 1. The lowest BCUT2D eigenvalue weighted by atomic mass is 9.97. The van der Waals surface area contributed by atoms with Crippen molar-refractivity contribution in [1.29, 1.82) is 0 Å². The van der Waals surface area contributed by atoms with Gasteiger partial charge in [-0.15, -0.1) is 0 Å². The summed E-state index contributed by atoms with van der Waals surface area (Å²) >= 11 is 0. The van der Waals surface area contributed by atoms with Crippen LogP contribution in [-0.2, 0) is 32.1 Å². The zero-order chi connectivity index (χ0) is 23.3. The van der Waals surface area contributed by atoms with Gasteiger partial charge in [0.25, 0.3) is 0 Å². The highest BCUT2D eigenvalue weighted by atomic mass is 16.7. The van der Waals surface area contributed by atoms with E-state index in [1.165, 1.54) is 6.07 Å². The van der Waals surface area contributed by atoms with Gasteiger partial charge in [0, 0.05) is 12.2 Å². The first kappa shape index (κ1) is 25.0. The lowest BCUT2D eigenvalue weighted by Crippen LogP contribution is -2.61. The Morgan fingerprint density at radius 2 is 1.77 bits per heavy atom. The molecule has 1 fully saturated rings. The van der Waals surface area contributed by atoms with Crippen LogP contribution in [0, 0.1) is 5.41 Å². The van der Waals surface area contributed by atoms with E-state index >= 15 is 0 Å². The Morgan fingerprint density at radius 1 is 1.10 bits per heavy atom. The Bertz CT molecular complexity index is 772. The van der Waals surface area contributed by atoms with Gasteiger partial charge in [-0.2, -0.15) is 0 Å². The van der Waals surface area contributed by atoms with E-state index in [9.17, 15) is 30.0 Å². The predicted octanol–water partition coefficient (Wildman–Crippen LogP) is -0.0282. The fourth-order valence-corrected chi connectivity index (χ4v) is 2.93. The molecule has 1 saturated heterocycles. The molecule has 0 bridgehead atoms. The van der Waals surface area contributed by atoms with Crippen molar-refractivity contribution in [2.45, 2.75) is 70.9 Å². The van der Waals surface area contributed by atoms with Crippen LogP contribution in [0.3, 0.4) is 0 Å². The van der Waals surface area contributed by atoms with Crippen LogP contribution in [0.2, 0.25) is 0 Å². The number of aliphatic carboxylic acids is 1. The Morgan fingerprint density at radius 3 is 2.35 bits per heavy atom. The van der Waals surface area contributed by atoms with Gasteiger partial charge in [0.15, 0.2) is 6.10 Å². The molecule has 0 aromatic heterocycles. The van der Waals surface area contributed by atoms with Crippen molar-refractivity contribution in [3.05, 3.63) is 29.3 Å². The molecule has 1 aliphatic heterocycles. The fourth-order valence-electron chi connectivity index (χ4n) is 2.93. The molecule has 174 valence electrons. The first-order chi connectivity index (χ1) is 14.5. The van der Waals surface area contributed by atoms with Crippen LogP contribution in [0.15, 0.2) is 18.2 Å². The summed E-state index contributed by atoms with van der Waals surface area (Å²) in [5, 5.41) is 48.2. The van der Waals surface area contributed by atoms with Crippen molar-refractivity contribution in [3.63, 3.8) is 0 Å². The lowest BCUT2D eigenvalue weighted by Gasteiger charge is -2.38. The SMILES string of the molecule is CC(C)(C)C(=O)OCc1cc(CCCO)ccc1O[C@@H]1O[C@H](C(=O)O)[C@@H](O)[C@H](O)[C@@H]1O. The number of carbonyl (C=O) groups is 2. The number of aliphatic hydroxyl groups is 4. The van der Waals surface area contributed by atoms with Crippen LogP contribution in [0.25, 0.3) is 0 Å². The maximum atomic E-state index is 12.2. The van der Waals surface area contributed by atoms with Crippen molar-refractivity contribution in [2.75, 3.05) is 6.61 Å². The van der Waals surface area contributed by atoms with E-state index < -0.39 is 48.1 Å². The van der Waals surface area contributed by atoms with E-state index in [1.807, 2.05) is 0 Å². The molecular formula is C21H30O10. The molecule has 1 heterocycles. The molecule has 10 nitrogen and oxygen atoms in total. The molecule has 1 aromatic rings. The van der Waals surface area contributed by atoms with Gasteiger partial charge in [-0.3, -0.25) is 4.79 Å². The number of esters is 1. The maximum Gasteiger partial charge on any atom is 0.335 e. The molecule has 0 amide bonds. The van der Waals surface area contributed by atoms with Gasteiger partial charge in [0.1, 0.15) is 30.7 Å². The third-order valence-corrected chi connectivity index (χ3v) is 4.78. The number of rotatable bonds is 8. The Balaban J connectivity index is 2.26. The molecule has 0 radical (unpaired) electrons. The molecular weight excluding hydrogens is 412 g/mol. The van der Waals surface area contributed by atoms with Crippen LogP contribution < -0.4 is 4.74 Å². The largest absolute Gasteiger partial charge is 0.479 e. The number of ether oxygens (including phenoxy) is 3. The first-order valence-electron chi connectivity index (χ1n) is 9.94. The third kappa shape index (κ3) is 6.37. The number of hydrogen-bond donors (Lipinski definition) is 5. The first-order valence-corrected chi connectivity index (χ1v) is 9.94. The van der Waals surface area contributed by atoms with Gasteiger partial charge in [-0.25, -0.2) is 4.79 Å². The van der Waals surface area contributed by atoms with Crippen LogP contribution in [-0.4, -0.2) is 74.8 Å². The minimum absolute atomic E-state index is 0.00545. The van der Waals surface area contributed by atoms with E-state index in [0.29, 0.717) is 18.4 Å². The summed E-state index contributed by atoms with van der Waals surface area (Å²) in [6.45, 7) is 4.96. The van der Waals surface area contributed by atoms with Crippen LogP contribution in [0.1, 0.15) is 38.3 Å². The zero-order valence-electron chi connectivity index (χ0n) is 17.7. The predicted molar refractivity (Wildman–Crippen MR) is 106 cm³/mol. The number of carbonyl (C=O) groups excluding carboxylic acids is 1. The normalized spacial score (nSPS) is 26.4. The monoisotopic (exact) mass is 442 g/mol. The second-order valence-corrected chi connectivity index (χ2v) is 8.45. The molecule has 5 atom stereocenters. The smallest absolute Gasteiger partial charge is 0.335 e. The molecule has 0 saturated carbocycles. The zero-order valence-corrected chi connectivity index (χ0v) is 17.7. The molecule has 31 heavy (non-hydrogen) atoms. The average Bonchev–Trinajstić information content (AvgIpc) is 2.70. The summed E-state index contributed by atoms with van der Waals surface area (Å²) < 4.78 is 16.1. The van der Waals surface area contributed by atoms with Gasteiger partial charge in [0.2, 0.25) is 6.29 Å². The molecule has 5 N–H and O–H groups in total. The minimum atomic E-state index is -1.83. The van der Waals surface area contributed by atoms with Crippen molar-refractivity contribution < 1.29 is 49.3 Å². The summed E-state index contributed by atoms with van der Waals surface area (Å²) in [5.74, 6) is -1.82. The number of carboxylic acids is 1. The van der Waals surface area contributed by atoms with Gasteiger partial charge < -0.3 is 39.7 Å². The van der Waals surface area contributed by atoms with Crippen LogP contribution in [0.5, 0.6) is 5.75 Å². The minimum Gasteiger partial charge on any atom is -0.479 e. The van der Waals surface area contributed by atoms with E-state index in [2.05, 4.69) is 0 Å². The number of hydrogen-bond acceptors (Lipinski definition) is 9. The van der Waals surface area contributed by atoms with E-state index in [1.54, 1.807) is 32.9 Å². The highest BCUT2D eigenvalue weighted by Crippen LogP contribution is 2.29. The average molecular weight is 442 g/mol. The molecule has 1 aliphatic rings. The molecule has 0 spiro atoms. The quantitative estimate of drug-likeness (QED) is 0.346. The molecule has 0 unspecified atom stereocenters. The summed E-state index contributed by atoms with van der Waals surface area (Å²) in [4.78, 5) is 23.4. The van der Waals surface area contributed by atoms with E-state index in [4.69, 9.17) is 19.3 Å². The van der Waals surface area contributed by atoms with Gasteiger partial charge in [0.05, 0.1) is 5.41 Å². The molecule has 2 rings (SSSR count). The number of aryl methyl sites for hydroxylation is 1. The maximum absolute atomic E-state index is 12.2. The van der Waals surface area contributed by atoms with Crippen molar-refractivity contribution in [2.24, 2.45) is 5.41 Å². The van der Waals surface area contributed by atoms with Crippen LogP contribution in [0.4, 0.5) is 0 Å². The van der Waals surface area contributed by atoms with Crippen molar-refractivity contribution >= 4 is 11.9 Å². The van der Waals surface area contributed by atoms with Crippen molar-refractivity contribution in [3.8, 4) is 5.75 Å². The van der Waals surface area contributed by atoms with Gasteiger partial charge in [-0.05, 0) is 51.3 Å². The summed E-state index contributed by atoms with van der Waals surface area (Å²) in [5.41, 5.74) is 0.538. The third-order valence-electron chi connectivity index (χ3n) is 4.78. The Hall–Kier alpha value is -2.24. The van der Waals surface area contributed by atoms with E-state index in [0.717, 1.165) is 5.56 Å². The molecule has 0 aliphatic carbocycles. The highest BCUT2D eigenvalue weighted by molar-refractivity contribution is 5.75. The summed E-state index contributed by atoms with van der Waals surface area (Å²) in [7, 11) is 0. The lowest BCUT2D eigenvalue weighted by molar-refractivity contribution is -0.271. The van der Waals surface area contributed by atoms with Gasteiger partial charge in [-0.1, -0.05) is 6.07 Å². The highest BCUT2D eigenvalue weighted by Gasteiger charge is 2.48. The standard InChI is InChI=1S/C21H30O10/c1-21(2,3)20(28)29-10-12-9-11(5-4-8-22)6-7-13(12)30-19-16(25)14(23)15(24)17(31-19)18(26)27/h6-7,9,14-17,19,22-25H,4-5,8,10H2,1-3H3,(H,26,27)/t14-,15-,16-,17-,19+/m0/s1. The Kier molecular flexibility index (Phi) is 8.38. The number of benzene rings is 1. The fraction of sp³-hybridized carbons (Fsp3) is 0.619. The molecule has 10 heteroatoms. The van der Waals surface area contributed by atoms with Crippen LogP contribution >= 0.6 is 0 Å². The second-order valence-electron chi connectivity index (χ2n) is 8.45. The molecule has 1 aromatic carbocycles. The topological polar surface area (TPSA) is 163 Å². The summed E-state index contributed by atoms with van der Waals surface area (Å²) in [6.07, 6.45) is -7.65. The summed E-state index contributed by atoms with van der Waals surface area (Å²) in [6, 6.07) is 4.95. The van der Waals surface area contributed by atoms with Gasteiger partial charge >= 0.3 is 11.9 Å². The Labute approximate surface area is 180 Å². The number of aliphatic hydroxyl groups excluding tert-OH is 4. The second kappa shape index (κ2) is 10.4.